The predicted octanol–water partition coefficient (Wildman–Crippen LogP) is 1.80. The smallest absolute Gasteiger partial charge is 0.336 e. The Hall–Kier alpha value is -2.10. The van der Waals surface area contributed by atoms with Gasteiger partial charge in [-0.3, -0.25) is 4.79 Å². The fourth-order valence-corrected chi connectivity index (χ4v) is 2.07. The summed E-state index contributed by atoms with van der Waals surface area (Å²) in [7, 11) is 1.67. The molecule has 0 aliphatic rings. The van der Waals surface area contributed by atoms with E-state index >= 15 is 0 Å². The maximum absolute atomic E-state index is 11.9. The van der Waals surface area contributed by atoms with Crippen LogP contribution in [0.2, 0.25) is 0 Å². The fourth-order valence-electron chi connectivity index (χ4n) is 2.07. The second kappa shape index (κ2) is 4.05. The van der Waals surface area contributed by atoms with Crippen molar-refractivity contribution < 1.29 is 9.90 Å². The SMILES string of the molecule is CCc1cn(C)c(=O)c2cccc(C(=O)O)c12. The first-order valence-electron chi connectivity index (χ1n) is 5.40. The van der Waals surface area contributed by atoms with Crippen LogP contribution in [0.5, 0.6) is 0 Å². The van der Waals surface area contributed by atoms with Crippen LogP contribution in [-0.2, 0) is 13.5 Å². The van der Waals surface area contributed by atoms with Gasteiger partial charge in [0.2, 0.25) is 0 Å². The van der Waals surface area contributed by atoms with E-state index in [0.717, 1.165) is 5.56 Å². The minimum absolute atomic E-state index is 0.166. The van der Waals surface area contributed by atoms with Gasteiger partial charge in [-0.2, -0.15) is 0 Å². The van der Waals surface area contributed by atoms with Crippen molar-refractivity contribution in [1.82, 2.24) is 4.57 Å². The highest BCUT2D eigenvalue weighted by Gasteiger charge is 2.14. The van der Waals surface area contributed by atoms with Gasteiger partial charge in [-0.25, -0.2) is 4.79 Å². The molecule has 4 heteroatoms. The number of benzene rings is 1. The summed E-state index contributed by atoms with van der Waals surface area (Å²) in [6.45, 7) is 1.94. The van der Waals surface area contributed by atoms with Gasteiger partial charge in [0.15, 0.2) is 0 Å². The van der Waals surface area contributed by atoms with Gasteiger partial charge in [0.05, 0.1) is 5.56 Å². The predicted molar refractivity (Wildman–Crippen MR) is 65.5 cm³/mol. The van der Waals surface area contributed by atoms with Crippen molar-refractivity contribution in [2.24, 2.45) is 7.05 Å². The van der Waals surface area contributed by atoms with Crippen LogP contribution in [-0.4, -0.2) is 15.6 Å². The molecule has 0 aliphatic carbocycles. The number of aromatic nitrogens is 1. The highest BCUT2D eigenvalue weighted by Crippen LogP contribution is 2.20. The lowest BCUT2D eigenvalue weighted by Crippen LogP contribution is -2.18. The monoisotopic (exact) mass is 231 g/mol. The molecule has 0 amide bonds. The van der Waals surface area contributed by atoms with Crippen LogP contribution in [0.1, 0.15) is 22.8 Å². The molecule has 0 aliphatic heterocycles. The van der Waals surface area contributed by atoms with Gasteiger partial charge >= 0.3 is 5.97 Å². The molecule has 2 aromatic rings. The van der Waals surface area contributed by atoms with Gasteiger partial charge in [0, 0.05) is 24.0 Å². The molecule has 0 spiro atoms. The topological polar surface area (TPSA) is 59.3 Å². The fraction of sp³-hybridized carbons (Fsp3) is 0.231. The molecule has 0 atom stereocenters. The molecule has 0 saturated carbocycles. The van der Waals surface area contributed by atoms with Crippen LogP contribution in [0.3, 0.4) is 0 Å². The second-order valence-electron chi connectivity index (χ2n) is 3.96. The lowest BCUT2D eigenvalue weighted by Gasteiger charge is -2.09. The molecule has 0 radical (unpaired) electrons. The molecule has 0 fully saturated rings. The summed E-state index contributed by atoms with van der Waals surface area (Å²) < 4.78 is 1.49. The van der Waals surface area contributed by atoms with Crippen molar-refractivity contribution in [2.45, 2.75) is 13.3 Å². The summed E-state index contributed by atoms with van der Waals surface area (Å²) in [4.78, 5) is 23.1. The first kappa shape index (κ1) is 11.4. The van der Waals surface area contributed by atoms with Gasteiger partial charge in [0.25, 0.3) is 5.56 Å². The van der Waals surface area contributed by atoms with Crippen molar-refractivity contribution >= 4 is 16.7 Å². The van der Waals surface area contributed by atoms with Crippen LogP contribution < -0.4 is 5.56 Å². The molecule has 1 aromatic heterocycles. The zero-order valence-corrected chi connectivity index (χ0v) is 9.73. The molecular formula is C13H13NO3. The zero-order chi connectivity index (χ0) is 12.6. The Morgan fingerprint density at radius 2 is 2.12 bits per heavy atom. The Morgan fingerprint density at radius 3 is 2.71 bits per heavy atom. The number of carboxylic acids is 1. The largest absolute Gasteiger partial charge is 0.478 e. The maximum Gasteiger partial charge on any atom is 0.336 e. The highest BCUT2D eigenvalue weighted by molar-refractivity contribution is 6.04. The molecule has 1 N–H and O–H groups in total. The van der Waals surface area contributed by atoms with Crippen molar-refractivity contribution in [1.29, 1.82) is 0 Å². The van der Waals surface area contributed by atoms with Gasteiger partial charge < -0.3 is 9.67 Å². The van der Waals surface area contributed by atoms with Gasteiger partial charge in [-0.1, -0.05) is 13.0 Å². The summed E-state index contributed by atoms with van der Waals surface area (Å²) >= 11 is 0. The molecule has 0 bridgehead atoms. The van der Waals surface area contributed by atoms with Gasteiger partial charge in [-0.05, 0) is 24.1 Å². The number of hydrogen-bond donors (Lipinski definition) is 1. The van der Waals surface area contributed by atoms with Gasteiger partial charge in [0.1, 0.15) is 0 Å². The van der Waals surface area contributed by atoms with E-state index in [9.17, 15) is 9.59 Å². The number of rotatable bonds is 2. The van der Waals surface area contributed by atoms with Crippen molar-refractivity contribution in [3.05, 3.63) is 45.9 Å². The maximum atomic E-state index is 11.9. The summed E-state index contributed by atoms with van der Waals surface area (Å²) in [5.74, 6) is -1.00. The Bertz CT molecular complexity index is 655. The summed E-state index contributed by atoms with van der Waals surface area (Å²) in [6, 6.07) is 4.80. The van der Waals surface area contributed by atoms with E-state index in [4.69, 9.17) is 5.11 Å². The van der Waals surface area contributed by atoms with Gasteiger partial charge in [-0.15, -0.1) is 0 Å². The van der Waals surface area contributed by atoms with Crippen LogP contribution in [0, 0.1) is 0 Å². The van der Waals surface area contributed by atoms with E-state index in [-0.39, 0.29) is 11.1 Å². The standard InChI is InChI=1S/C13H13NO3/c1-3-8-7-14(2)12(15)9-5-4-6-10(11(8)9)13(16)17/h4-7H,3H2,1-2H3,(H,16,17). The second-order valence-corrected chi connectivity index (χ2v) is 3.96. The molecule has 88 valence electrons. The average molecular weight is 231 g/mol. The van der Waals surface area contributed by atoms with E-state index < -0.39 is 5.97 Å². The van der Waals surface area contributed by atoms with Crippen LogP contribution in [0.25, 0.3) is 10.8 Å². The minimum Gasteiger partial charge on any atom is -0.478 e. The Kier molecular flexibility index (Phi) is 2.71. The highest BCUT2D eigenvalue weighted by atomic mass is 16.4. The van der Waals surface area contributed by atoms with E-state index in [1.807, 2.05) is 6.92 Å². The van der Waals surface area contributed by atoms with Crippen LogP contribution in [0.4, 0.5) is 0 Å². The number of carbonyl (C=O) groups is 1. The van der Waals surface area contributed by atoms with Crippen LogP contribution >= 0.6 is 0 Å². The number of aryl methyl sites for hydroxylation is 2. The Morgan fingerprint density at radius 1 is 1.41 bits per heavy atom. The normalized spacial score (nSPS) is 10.7. The van der Waals surface area contributed by atoms with Crippen molar-refractivity contribution in [2.75, 3.05) is 0 Å². The Labute approximate surface area is 98.1 Å². The third kappa shape index (κ3) is 1.71. The number of pyridine rings is 1. The van der Waals surface area contributed by atoms with E-state index in [1.165, 1.54) is 10.6 Å². The van der Waals surface area contributed by atoms with Crippen molar-refractivity contribution in [3.8, 4) is 0 Å². The first-order chi connectivity index (χ1) is 8.06. The number of hydrogen-bond acceptors (Lipinski definition) is 2. The molecule has 0 saturated heterocycles. The Balaban J connectivity index is 3.03. The minimum atomic E-state index is -1.00. The van der Waals surface area contributed by atoms with E-state index in [0.29, 0.717) is 17.2 Å². The molecule has 1 heterocycles. The zero-order valence-electron chi connectivity index (χ0n) is 9.73. The number of carboxylic acid groups (broad SMARTS) is 1. The molecule has 0 unspecified atom stereocenters. The third-order valence-electron chi connectivity index (χ3n) is 2.90. The first-order valence-corrected chi connectivity index (χ1v) is 5.40. The molecule has 17 heavy (non-hydrogen) atoms. The van der Waals surface area contributed by atoms with E-state index in [1.54, 1.807) is 25.4 Å². The summed E-state index contributed by atoms with van der Waals surface area (Å²) in [5, 5.41) is 10.2. The van der Waals surface area contributed by atoms with Crippen molar-refractivity contribution in [3.63, 3.8) is 0 Å². The molecule has 4 nitrogen and oxygen atoms in total. The third-order valence-corrected chi connectivity index (χ3v) is 2.90. The lowest BCUT2D eigenvalue weighted by molar-refractivity contribution is 0.0699. The number of aromatic carboxylic acids is 1. The summed E-state index contributed by atoms with van der Waals surface area (Å²) in [5.41, 5.74) is 0.900. The number of fused-ring (bicyclic) bond motifs is 1. The number of nitrogens with zero attached hydrogens (tertiary/aromatic N) is 1. The molecule has 2 rings (SSSR count). The molecule has 1 aromatic carbocycles. The van der Waals surface area contributed by atoms with E-state index in [2.05, 4.69) is 0 Å². The lowest BCUT2D eigenvalue weighted by atomic mass is 10.00. The average Bonchev–Trinajstić information content (AvgIpc) is 2.32. The summed E-state index contributed by atoms with van der Waals surface area (Å²) in [6.07, 6.45) is 2.39. The van der Waals surface area contributed by atoms with Crippen LogP contribution in [0.15, 0.2) is 29.2 Å². The molecular weight excluding hydrogens is 218 g/mol. The quantitative estimate of drug-likeness (QED) is 0.857.